The monoisotopic (exact) mass is 295 g/mol. The van der Waals surface area contributed by atoms with E-state index in [9.17, 15) is 17.6 Å². The first-order chi connectivity index (χ1) is 9.88. The summed E-state index contributed by atoms with van der Waals surface area (Å²) < 4.78 is 53.3. The molecule has 0 unspecified atom stereocenters. The van der Waals surface area contributed by atoms with Crippen LogP contribution in [-0.4, -0.2) is 14.8 Å². The lowest BCUT2D eigenvalue weighted by Gasteiger charge is -2.08. The lowest BCUT2D eigenvalue weighted by Crippen LogP contribution is -2.07. The Morgan fingerprint density at radius 2 is 1.90 bits per heavy atom. The molecule has 3 nitrogen and oxygen atoms in total. The van der Waals surface area contributed by atoms with Crippen molar-refractivity contribution in [3.05, 3.63) is 53.7 Å². The summed E-state index contributed by atoms with van der Waals surface area (Å²) >= 11 is 0. The van der Waals surface area contributed by atoms with Gasteiger partial charge in [-0.3, -0.25) is 4.98 Å². The molecule has 0 bridgehead atoms. The highest BCUT2D eigenvalue weighted by Crippen LogP contribution is 2.30. The molecule has 0 radical (unpaired) electrons. The van der Waals surface area contributed by atoms with Crippen LogP contribution >= 0.6 is 0 Å². The average Bonchev–Trinajstić information content (AvgIpc) is 2.77. The van der Waals surface area contributed by atoms with Gasteiger partial charge in [-0.05, 0) is 25.1 Å². The van der Waals surface area contributed by atoms with Gasteiger partial charge in [-0.1, -0.05) is 6.07 Å². The molecule has 108 valence electrons. The summed E-state index contributed by atoms with van der Waals surface area (Å²) in [7, 11) is 0. The van der Waals surface area contributed by atoms with E-state index in [1.165, 1.54) is 23.0 Å². The molecule has 0 fully saturated rings. The van der Waals surface area contributed by atoms with Crippen molar-refractivity contribution in [1.29, 1.82) is 0 Å². The Balaban J connectivity index is 2.25. The van der Waals surface area contributed by atoms with Crippen molar-refractivity contribution in [3.63, 3.8) is 0 Å². The number of pyridine rings is 1. The summed E-state index contributed by atoms with van der Waals surface area (Å²) in [5.74, 6) is -0.462. The maximum atomic E-state index is 13.8. The van der Waals surface area contributed by atoms with E-state index in [-0.39, 0.29) is 11.1 Å². The SMILES string of the molecule is Cc1nn(-c2cncc(C(F)(F)F)c2)c2cccc(F)c12. The maximum absolute atomic E-state index is 13.8. The van der Waals surface area contributed by atoms with Gasteiger partial charge in [-0.25, -0.2) is 9.07 Å². The van der Waals surface area contributed by atoms with E-state index in [1.54, 1.807) is 13.0 Å². The molecule has 3 aromatic rings. The number of nitrogens with zero attached hydrogens (tertiary/aromatic N) is 3. The van der Waals surface area contributed by atoms with E-state index in [1.807, 2.05) is 0 Å². The molecule has 7 heteroatoms. The number of benzene rings is 1. The normalized spacial score (nSPS) is 12.0. The topological polar surface area (TPSA) is 30.7 Å². The van der Waals surface area contributed by atoms with E-state index < -0.39 is 17.6 Å². The number of halogens is 4. The summed E-state index contributed by atoms with van der Waals surface area (Å²) in [6, 6.07) is 5.30. The van der Waals surface area contributed by atoms with Crippen molar-refractivity contribution in [3.8, 4) is 5.69 Å². The molecule has 0 aliphatic carbocycles. The summed E-state index contributed by atoms with van der Waals surface area (Å²) in [6.07, 6.45) is -2.50. The molecular formula is C14H9F4N3. The van der Waals surface area contributed by atoms with Crippen LogP contribution in [0.4, 0.5) is 17.6 Å². The fourth-order valence-corrected chi connectivity index (χ4v) is 2.20. The number of rotatable bonds is 1. The molecule has 3 rings (SSSR count). The first-order valence-corrected chi connectivity index (χ1v) is 6.04. The van der Waals surface area contributed by atoms with Gasteiger partial charge in [0.2, 0.25) is 0 Å². The molecule has 0 aliphatic heterocycles. The first kappa shape index (κ1) is 13.5. The Kier molecular flexibility index (Phi) is 2.93. The minimum atomic E-state index is -4.49. The molecule has 2 heterocycles. The molecule has 0 saturated carbocycles. The highest BCUT2D eigenvalue weighted by molar-refractivity contribution is 5.83. The van der Waals surface area contributed by atoms with Crippen LogP contribution in [0.3, 0.4) is 0 Å². The van der Waals surface area contributed by atoms with Crippen LogP contribution in [-0.2, 0) is 6.18 Å². The summed E-state index contributed by atoms with van der Waals surface area (Å²) in [4.78, 5) is 3.59. The fraction of sp³-hybridized carbons (Fsp3) is 0.143. The van der Waals surface area contributed by atoms with E-state index in [2.05, 4.69) is 10.1 Å². The number of aryl methyl sites for hydroxylation is 1. The molecule has 0 N–H and O–H groups in total. The third kappa shape index (κ3) is 2.24. The second kappa shape index (κ2) is 4.54. The second-order valence-corrected chi connectivity index (χ2v) is 4.56. The van der Waals surface area contributed by atoms with Gasteiger partial charge in [0.25, 0.3) is 0 Å². The predicted molar refractivity (Wildman–Crippen MR) is 68.6 cm³/mol. The summed E-state index contributed by atoms with van der Waals surface area (Å²) in [5, 5.41) is 4.40. The molecule has 0 amide bonds. The Hall–Kier alpha value is -2.44. The minimum absolute atomic E-state index is 0.133. The Morgan fingerprint density at radius 3 is 2.62 bits per heavy atom. The largest absolute Gasteiger partial charge is 0.417 e. The van der Waals surface area contributed by atoms with Crippen LogP contribution in [0.1, 0.15) is 11.3 Å². The van der Waals surface area contributed by atoms with E-state index in [4.69, 9.17) is 0 Å². The van der Waals surface area contributed by atoms with Crippen molar-refractivity contribution < 1.29 is 17.6 Å². The van der Waals surface area contributed by atoms with E-state index in [0.29, 0.717) is 11.2 Å². The lowest BCUT2D eigenvalue weighted by atomic mass is 10.2. The molecule has 0 aliphatic rings. The fourth-order valence-electron chi connectivity index (χ4n) is 2.20. The van der Waals surface area contributed by atoms with Gasteiger partial charge in [0.05, 0.1) is 34.0 Å². The van der Waals surface area contributed by atoms with Gasteiger partial charge in [0, 0.05) is 6.20 Å². The Bertz CT molecular complexity index is 821. The van der Waals surface area contributed by atoms with Gasteiger partial charge in [0.1, 0.15) is 5.82 Å². The Morgan fingerprint density at radius 1 is 1.14 bits per heavy atom. The van der Waals surface area contributed by atoms with Gasteiger partial charge in [0.15, 0.2) is 0 Å². The second-order valence-electron chi connectivity index (χ2n) is 4.56. The summed E-state index contributed by atoms with van der Waals surface area (Å²) in [5.41, 5.74) is 0.0559. The smallest absolute Gasteiger partial charge is 0.262 e. The van der Waals surface area contributed by atoms with Gasteiger partial charge < -0.3 is 0 Å². The molecule has 21 heavy (non-hydrogen) atoms. The molecule has 1 aromatic carbocycles. The molecule has 0 atom stereocenters. The van der Waals surface area contributed by atoms with E-state index in [0.717, 1.165) is 12.3 Å². The number of hydrogen-bond donors (Lipinski definition) is 0. The predicted octanol–water partition coefficient (Wildman–Crippen LogP) is 3.89. The molecule has 0 saturated heterocycles. The number of hydrogen-bond acceptors (Lipinski definition) is 2. The highest BCUT2D eigenvalue weighted by atomic mass is 19.4. The van der Waals surface area contributed by atoms with Gasteiger partial charge >= 0.3 is 6.18 Å². The quantitative estimate of drug-likeness (QED) is 0.638. The van der Waals surface area contributed by atoms with Crippen LogP contribution in [0.5, 0.6) is 0 Å². The van der Waals surface area contributed by atoms with E-state index >= 15 is 0 Å². The van der Waals surface area contributed by atoms with Crippen molar-refractivity contribution in [2.75, 3.05) is 0 Å². The van der Waals surface area contributed by atoms with Crippen LogP contribution in [0, 0.1) is 12.7 Å². The third-order valence-electron chi connectivity index (χ3n) is 3.13. The zero-order chi connectivity index (χ0) is 15.2. The Labute approximate surface area is 116 Å². The zero-order valence-corrected chi connectivity index (χ0v) is 10.8. The molecule has 2 aromatic heterocycles. The average molecular weight is 295 g/mol. The molecule has 0 spiro atoms. The third-order valence-corrected chi connectivity index (χ3v) is 3.13. The minimum Gasteiger partial charge on any atom is -0.262 e. The number of fused-ring (bicyclic) bond motifs is 1. The van der Waals surface area contributed by atoms with Crippen molar-refractivity contribution >= 4 is 10.9 Å². The van der Waals surface area contributed by atoms with Crippen LogP contribution in [0.15, 0.2) is 36.7 Å². The maximum Gasteiger partial charge on any atom is 0.417 e. The van der Waals surface area contributed by atoms with Crippen LogP contribution in [0.25, 0.3) is 16.6 Å². The first-order valence-electron chi connectivity index (χ1n) is 6.04. The van der Waals surface area contributed by atoms with Crippen LogP contribution in [0.2, 0.25) is 0 Å². The zero-order valence-electron chi connectivity index (χ0n) is 10.8. The van der Waals surface area contributed by atoms with Crippen molar-refractivity contribution in [2.24, 2.45) is 0 Å². The molecular weight excluding hydrogens is 286 g/mol. The standard InChI is InChI=1S/C14H9F4N3/c1-8-13-11(15)3-2-4-12(13)21(20-8)10-5-9(6-19-7-10)14(16,17)18/h2-7H,1H3. The number of alkyl halides is 3. The lowest BCUT2D eigenvalue weighted by molar-refractivity contribution is -0.137. The van der Waals surface area contributed by atoms with Crippen molar-refractivity contribution in [1.82, 2.24) is 14.8 Å². The number of aromatic nitrogens is 3. The van der Waals surface area contributed by atoms with Crippen molar-refractivity contribution in [2.45, 2.75) is 13.1 Å². The highest BCUT2D eigenvalue weighted by Gasteiger charge is 2.31. The summed E-state index contributed by atoms with van der Waals surface area (Å²) in [6.45, 7) is 1.60. The van der Waals surface area contributed by atoms with Gasteiger partial charge in [-0.2, -0.15) is 18.3 Å². The van der Waals surface area contributed by atoms with Gasteiger partial charge in [-0.15, -0.1) is 0 Å². The van der Waals surface area contributed by atoms with Crippen LogP contribution < -0.4 is 0 Å².